The molecular formula is C31H31F5N2O5. The number of aliphatic hydroxyl groups excluding tert-OH is 1. The lowest BCUT2D eigenvalue weighted by Gasteiger charge is -2.39. The molecule has 2 heterocycles. The minimum Gasteiger partial charge on any atom is -0.392 e. The number of hydrogen-bond acceptors (Lipinski definition) is 6. The standard InChI is InChI=1S/C31H31F5N2O5/c1-41-16-21-6-3-11-38(21)14-22-13-23(18-9-7-17(15-39)8-10-18)43-31(42-22)19-4-2-5-20(12-19)37-30(40)24-25(32)27(34)29(36)28(35)26(24)33/h2,4-5,7-10,12,21-23,31,39H,3,6,11,13-16H2,1H3,(H,37,40)/t21-,22+,23-,31-/m0/s1. The second-order valence-corrected chi connectivity index (χ2v) is 10.6. The van der Waals surface area contributed by atoms with Gasteiger partial charge in [-0.25, -0.2) is 22.0 Å². The smallest absolute Gasteiger partial charge is 0.261 e. The zero-order chi connectivity index (χ0) is 30.7. The quantitative estimate of drug-likeness (QED) is 0.183. The number of benzene rings is 3. The summed E-state index contributed by atoms with van der Waals surface area (Å²) in [6, 6.07) is 13.7. The molecule has 4 atom stereocenters. The van der Waals surface area contributed by atoms with E-state index in [1.54, 1.807) is 19.2 Å². The van der Waals surface area contributed by atoms with Gasteiger partial charge in [0.05, 0.1) is 25.4 Å². The number of anilines is 1. The monoisotopic (exact) mass is 606 g/mol. The fourth-order valence-electron chi connectivity index (χ4n) is 5.57. The van der Waals surface area contributed by atoms with Crippen molar-refractivity contribution in [3.8, 4) is 0 Å². The van der Waals surface area contributed by atoms with Crippen molar-refractivity contribution in [3.63, 3.8) is 0 Å². The molecule has 3 aromatic rings. The van der Waals surface area contributed by atoms with Crippen LogP contribution < -0.4 is 5.32 Å². The van der Waals surface area contributed by atoms with Gasteiger partial charge in [0.2, 0.25) is 5.82 Å². The van der Waals surface area contributed by atoms with Crippen LogP contribution in [0.5, 0.6) is 0 Å². The molecule has 0 bridgehead atoms. The maximum atomic E-state index is 14.2. The molecule has 2 saturated heterocycles. The first kappa shape index (κ1) is 31.0. The molecule has 0 radical (unpaired) electrons. The number of likely N-dealkylation sites (tertiary alicyclic amines) is 1. The highest BCUT2D eigenvalue weighted by atomic mass is 19.2. The first-order valence-electron chi connectivity index (χ1n) is 13.9. The Morgan fingerprint density at radius 1 is 0.977 bits per heavy atom. The molecule has 0 aliphatic carbocycles. The number of rotatable bonds is 9. The Kier molecular flexibility index (Phi) is 9.72. The van der Waals surface area contributed by atoms with Crippen LogP contribution in [0.4, 0.5) is 27.6 Å². The topological polar surface area (TPSA) is 80.3 Å². The number of carbonyl (C=O) groups excluding carboxylic acids is 1. The van der Waals surface area contributed by atoms with Crippen LogP contribution in [0, 0.1) is 29.1 Å². The van der Waals surface area contributed by atoms with Gasteiger partial charge in [0.25, 0.3) is 5.91 Å². The largest absolute Gasteiger partial charge is 0.392 e. The third kappa shape index (κ3) is 6.73. The molecule has 230 valence electrons. The van der Waals surface area contributed by atoms with Crippen LogP contribution in [0.3, 0.4) is 0 Å². The first-order chi connectivity index (χ1) is 20.7. The average Bonchev–Trinajstić information content (AvgIpc) is 3.45. The molecule has 0 unspecified atom stereocenters. The van der Waals surface area contributed by atoms with Crippen molar-refractivity contribution in [3.05, 3.63) is 99.9 Å². The molecule has 0 spiro atoms. The molecule has 2 N–H and O–H groups in total. The fraction of sp³-hybridized carbons (Fsp3) is 0.387. The summed E-state index contributed by atoms with van der Waals surface area (Å²) < 4.78 is 87.3. The number of carbonyl (C=O) groups is 1. The second-order valence-electron chi connectivity index (χ2n) is 10.6. The molecule has 2 aliphatic rings. The van der Waals surface area contributed by atoms with Crippen LogP contribution in [0.25, 0.3) is 0 Å². The number of aliphatic hydroxyl groups is 1. The summed E-state index contributed by atoms with van der Waals surface area (Å²) in [6.07, 6.45) is 1.05. The number of nitrogens with zero attached hydrogens (tertiary/aromatic N) is 1. The number of nitrogens with one attached hydrogen (secondary N) is 1. The van der Waals surface area contributed by atoms with Gasteiger partial charge in [-0.1, -0.05) is 36.4 Å². The molecule has 5 rings (SSSR count). The van der Waals surface area contributed by atoms with Crippen LogP contribution >= 0.6 is 0 Å². The highest BCUT2D eigenvalue weighted by molar-refractivity contribution is 6.04. The van der Waals surface area contributed by atoms with Crippen LogP contribution in [0.2, 0.25) is 0 Å². The predicted octanol–water partition coefficient (Wildman–Crippen LogP) is 5.78. The van der Waals surface area contributed by atoms with E-state index in [0.29, 0.717) is 25.1 Å². The average molecular weight is 607 g/mol. The highest BCUT2D eigenvalue weighted by Crippen LogP contribution is 2.39. The van der Waals surface area contributed by atoms with Crippen molar-refractivity contribution < 1.29 is 46.1 Å². The van der Waals surface area contributed by atoms with Gasteiger partial charge in [-0.05, 0) is 42.6 Å². The fourth-order valence-corrected chi connectivity index (χ4v) is 5.57. The van der Waals surface area contributed by atoms with Crippen LogP contribution in [0.15, 0.2) is 48.5 Å². The molecule has 7 nitrogen and oxygen atoms in total. The number of ether oxygens (including phenoxy) is 3. The van der Waals surface area contributed by atoms with E-state index < -0.39 is 46.8 Å². The summed E-state index contributed by atoms with van der Waals surface area (Å²) >= 11 is 0. The highest BCUT2D eigenvalue weighted by Gasteiger charge is 2.36. The van der Waals surface area contributed by atoms with Gasteiger partial charge in [-0.3, -0.25) is 9.69 Å². The SMILES string of the molecule is COC[C@@H]1CCCN1C[C@H]1C[C@@H](c2ccc(CO)cc2)O[C@@H](c2cccc(NC(=O)c3c(F)c(F)c(F)c(F)c3F)c2)O1. The first-order valence-corrected chi connectivity index (χ1v) is 13.9. The molecular weight excluding hydrogens is 575 g/mol. The van der Waals surface area contributed by atoms with Crippen molar-refractivity contribution in [2.45, 2.75) is 50.4 Å². The van der Waals surface area contributed by atoms with Crippen LogP contribution in [-0.2, 0) is 20.8 Å². The van der Waals surface area contributed by atoms with E-state index in [-0.39, 0.29) is 30.5 Å². The van der Waals surface area contributed by atoms with Crippen molar-refractivity contribution >= 4 is 11.6 Å². The van der Waals surface area contributed by atoms with E-state index in [1.165, 1.54) is 12.1 Å². The van der Waals surface area contributed by atoms with E-state index in [2.05, 4.69) is 10.2 Å². The Labute approximate surface area is 245 Å². The van der Waals surface area contributed by atoms with Gasteiger partial charge in [-0.2, -0.15) is 0 Å². The minimum absolute atomic E-state index is 0.0318. The molecule has 0 aromatic heterocycles. The van der Waals surface area contributed by atoms with Gasteiger partial charge in [0, 0.05) is 37.4 Å². The summed E-state index contributed by atoms with van der Waals surface area (Å²) in [5, 5.41) is 11.6. The third-order valence-corrected chi connectivity index (χ3v) is 7.76. The van der Waals surface area contributed by atoms with Gasteiger partial charge >= 0.3 is 0 Å². The summed E-state index contributed by atoms with van der Waals surface area (Å²) in [5.41, 5.74) is 0.535. The van der Waals surface area contributed by atoms with Crippen molar-refractivity contribution in [1.82, 2.24) is 4.90 Å². The van der Waals surface area contributed by atoms with E-state index in [1.807, 2.05) is 24.3 Å². The maximum absolute atomic E-state index is 14.2. The van der Waals surface area contributed by atoms with E-state index in [9.17, 15) is 31.9 Å². The van der Waals surface area contributed by atoms with Gasteiger partial charge in [0.15, 0.2) is 29.6 Å². The predicted molar refractivity (Wildman–Crippen MR) is 146 cm³/mol. The lowest BCUT2D eigenvalue weighted by atomic mass is 9.99. The maximum Gasteiger partial charge on any atom is 0.261 e. The minimum atomic E-state index is -2.35. The summed E-state index contributed by atoms with van der Waals surface area (Å²) in [4.78, 5) is 15.0. The normalized spacial score (nSPS) is 22.6. The van der Waals surface area contributed by atoms with Crippen molar-refractivity contribution in [2.75, 3.05) is 32.1 Å². The lowest BCUT2D eigenvalue weighted by molar-refractivity contribution is -0.253. The Balaban J connectivity index is 1.39. The molecule has 2 aliphatic heterocycles. The molecule has 1 amide bonds. The Hall–Kier alpha value is -3.42. The van der Waals surface area contributed by atoms with Crippen molar-refractivity contribution in [2.24, 2.45) is 0 Å². The van der Waals surface area contributed by atoms with Gasteiger partial charge in [0.1, 0.15) is 5.56 Å². The molecule has 0 saturated carbocycles. The molecule has 12 heteroatoms. The number of amides is 1. The van der Waals surface area contributed by atoms with Gasteiger partial charge < -0.3 is 24.6 Å². The van der Waals surface area contributed by atoms with Crippen LogP contribution in [0.1, 0.15) is 58.7 Å². The number of methoxy groups -OCH3 is 1. The molecule has 43 heavy (non-hydrogen) atoms. The number of hydrogen-bond donors (Lipinski definition) is 2. The summed E-state index contributed by atoms with van der Waals surface area (Å²) in [6.45, 7) is 2.02. The van der Waals surface area contributed by atoms with E-state index in [0.717, 1.165) is 30.5 Å². The van der Waals surface area contributed by atoms with E-state index in [4.69, 9.17) is 14.2 Å². The number of halogens is 5. The zero-order valence-corrected chi connectivity index (χ0v) is 23.3. The molecule has 3 aromatic carbocycles. The summed E-state index contributed by atoms with van der Waals surface area (Å²) in [5.74, 6) is -12.7. The Bertz CT molecular complexity index is 1430. The Morgan fingerprint density at radius 2 is 1.67 bits per heavy atom. The molecule has 2 fully saturated rings. The third-order valence-electron chi connectivity index (χ3n) is 7.76. The lowest BCUT2D eigenvalue weighted by Crippen LogP contribution is -2.42. The zero-order valence-electron chi connectivity index (χ0n) is 23.3. The Morgan fingerprint density at radius 3 is 2.35 bits per heavy atom. The second kappa shape index (κ2) is 13.5. The van der Waals surface area contributed by atoms with E-state index >= 15 is 0 Å². The van der Waals surface area contributed by atoms with Crippen molar-refractivity contribution in [1.29, 1.82) is 0 Å². The van der Waals surface area contributed by atoms with Crippen LogP contribution in [-0.4, -0.2) is 54.9 Å². The summed E-state index contributed by atoms with van der Waals surface area (Å²) in [7, 11) is 1.67. The van der Waals surface area contributed by atoms with Gasteiger partial charge in [-0.15, -0.1) is 0 Å².